The topological polar surface area (TPSA) is 71.2 Å². The van der Waals surface area contributed by atoms with Gasteiger partial charge in [0, 0.05) is 24.3 Å². The Balaban J connectivity index is 1.94. The second-order valence-corrected chi connectivity index (χ2v) is 5.25. The molecular formula is C14H22N4O. The minimum atomic E-state index is -0.0571. The van der Waals surface area contributed by atoms with E-state index < -0.39 is 0 Å². The number of nitrogens with one attached hydrogen (secondary N) is 1. The zero-order valence-corrected chi connectivity index (χ0v) is 11.6. The highest BCUT2D eigenvalue weighted by molar-refractivity contribution is 5.94. The Labute approximate surface area is 114 Å². The van der Waals surface area contributed by atoms with Gasteiger partial charge in [-0.3, -0.25) is 4.79 Å². The zero-order chi connectivity index (χ0) is 13.8. The van der Waals surface area contributed by atoms with Gasteiger partial charge in [0.25, 0.3) is 5.91 Å². The van der Waals surface area contributed by atoms with E-state index in [9.17, 15) is 4.79 Å². The van der Waals surface area contributed by atoms with Crippen LogP contribution < -0.4 is 11.1 Å². The van der Waals surface area contributed by atoms with Crippen molar-refractivity contribution in [1.82, 2.24) is 15.2 Å². The van der Waals surface area contributed by atoms with E-state index in [0.717, 1.165) is 38.2 Å². The van der Waals surface area contributed by atoms with Crippen LogP contribution >= 0.6 is 0 Å². The van der Waals surface area contributed by atoms with E-state index >= 15 is 0 Å². The number of nitrogens with zero attached hydrogens (tertiary/aromatic N) is 2. The standard InChI is InChI=1S/C14H22N4O/c1-3-12-6-11(7-13(15)17-12)14(19)16-8-10-4-5-18(2)9-10/h6-7,10H,3-5,8-9H2,1-2H3,(H2,15,17)(H,16,19). The van der Waals surface area contributed by atoms with Gasteiger partial charge in [-0.25, -0.2) is 4.98 Å². The number of aryl methyl sites for hydroxylation is 1. The third kappa shape index (κ3) is 3.67. The number of aromatic nitrogens is 1. The molecule has 0 aliphatic carbocycles. The SMILES string of the molecule is CCc1cc(C(=O)NCC2CCN(C)C2)cc(N)n1. The molecule has 1 unspecified atom stereocenters. The van der Waals surface area contributed by atoms with Crippen LogP contribution in [-0.4, -0.2) is 42.5 Å². The lowest BCUT2D eigenvalue weighted by Gasteiger charge is -2.12. The van der Waals surface area contributed by atoms with Crippen LogP contribution in [0.5, 0.6) is 0 Å². The number of nitrogens with two attached hydrogens (primary N) is 1. The molecule has 19 heavy (non-hydrogen) atoms. The monoisotopic (exact) mass is 262 g/mol. The van der Waals surface area contributed by atoms with Crippen molar-refractivity contribution in [2.24, 2.45) is 5.92 Å². The Kier molecular flexibility index (Phi) is 4.37. The van der Waals surface area contributed by atoms with Crippen molar-refractivity contribution in [2.45, 2.75) is 19.8 Å². The van der Waals surface area contributed by atoms with Gasteiger partial charge < -0.3 is 16.0 Å². The number of hydrogen-bond donors (Lipinski definition) is 2. The van der Waals surface area contributed by atoms with Crippen LogP contribution in [-0.2, 0) is 6.42 Å². The molecule has 1 aromatic heterocycles. The smallest absolute Gasteiger partial charge is 0.251 e. The summed E-state index contributed by atoms with van der Waals surface area (Å²) < 4.78 is 0. The van der Waals surface area contributed by atoms with Crippen molar-refractivity contribution >= 4 is 11.7 Å². The minimum Gasteiger partial charge on any atom is -0.384 e. The summed E-state index contributed by atoms with van der Waals surface area (Å²) >= 11 is 0. The Hall–Kier alpha value is -1.62. The summed E-state index contributed by atoms with van der Waals surface area (Å²) in [6.07, 6.45) is 1.92. The normalized spacial score (nSPS) is 19.6. The first-order chi connectivity index (χ1) is 9.08. The molecule has 5 heteroatoms. The maximum Gasteiger partial charge on any atom is 0.251 e. The molecule has 1 aromatic rings. The van der Waals surface area contributed by atoms with E-state index in [2.05, 4.69) is 22.2 Å². The summed E-state index contributed by atoms with van der Waals surface area (Å²) in [5.41, 5.74) is 7.17. The molecule has 2 heterocycles. The van der Waals surface area contributed by atoms with Gasteiger partial charge in [-0.15, -0.1) is 0 Å². The van der Waals surface area contributed by atoms with Crippen LogP contribution in [0, 0.1) is 5.92 Å². The third-order valence-electron chi connectivity index (χ3n) is 3.56. The van der Waals surface area contributed by atoms with Gasteiger partial charge in [0.15, 0.2) is 0 Å². The van der Waals surface area contributed by atoms with Gasteiger partial charge >= 0.3 is 0 Å². The van der Waals surface area contributed by atoms with Gasteiger partial charge in [0.1, 0.15) is 5.82 Å². The van der Waals surface area contributed by atoms with Crippen LogP contribution in [0.25, 0.3) is 0 Å². The molecule has 5 nitrogen and oxygen atoms in total. The van der Waals surface area contributed by atoms with Crippen LogP contribution in [0.1, 0.15) is 29.4 Å². The average molecular weight is 262 g/mol. The largest absolute Gasteiger partial charge is 0.384 e. The molecule has 1 amide bonds. The number of rotatable bonds is 4. The maximum absolute atomic E-state index is 12.1. The zero-order valence-electron chi connectivity index (χ0n) is 11.6. The highest BCUT2D eigenvalue weighted by atomic mass is 16.1. The van der Waals surface area contributed by atoms with E-state index in [1.807, 2.05) is 13.0 Å². The van der Waals surface area contributed by atoms with Crippen molar-refractivity contribution < 1.29 is 4.79 Å². The molecule has 3 N–H and O–H groups in total. The fourth-order valence-corrected chi connectivity index (χ4v) is 2.46. The number of hydrogen-bond acceptors (Lipinski definition) is 4. The van der Waals surface area contributed by atoms with Crippen molar-refractivity contribution in [3.8, 4) is 0 Å². The molecule has 0 saturated carbocycles. The molecule has 1 fully saturated rings. The third-order valence-corrected chi connectivity index (χ3v) is 3.56. The van der Waals surface area contributed by atoms with E-state index in [1.165, 1.54) is 0 Å². The number of carbonyl (C=O) groups excluding carboxylic acids is 1. The summed E-state index contributed by atoms with van der Waals surface area (Å²) in [4.78, 5) is 18.6. The lowest BCUT2D eigenvalue weighted by molar-refractivity contribution is 0.0947. The van der Waals surface area contributed by atoms with Gasteiger partial charge in [-0.05, 0) is 44.5 Å². The predicted molar refractivity (Wildman–Crippen MR) is 76.0 cm³/mol. The number of nitrogen functional groups attached to an aromatic ring is 1. The molecule has 1 saturated heterocycles. The fraction of sp³-hybridized carbons (Fsp3) is 0.571. The van der Waals surface area contributed by atoms with E-state index in [0.29, 0.717) is 17.3 Å². The van der Waals surface area contributed by atoms with Gasteiger partial charge in [0.2, 0.25) is 0 Å². The fourth-order valence-electron chi connectivity index (χ4n) is 2.46. The molecule has 1 aliphatic heterocycles. The first-order valence-electron chi connectivity index (χ1n) is 6.81. The number of pyridine rings is 1. The second-order valence-electron chi connectivity index (χ2n) is 5.25. The molecule has 0 spiro atoms. The molecule has 0 aromatic carbocycles. The number of carbonyl (C=O) groups is 1. The molecular weight excluding hydrogens is 240 g/mol. The van der Waals surface area contributed by atoms with Gasteiger partial charge in [-0.2, -0.15) is 0 Å². The van der Waals surface area contributed by atoms with Gasteiger partial charge in [-0.1, -0.05) is 6.92 Å². The molecule has 1 aliphatic rings. The molecule has 1 atom stereocenters. The molecule has 0 radical (unpaired) electrons. The summed E-state index contributed by atoms with van der Waals surface area (Å²) in [5, 5.41) is 2.99. The molecule has 0 bridgehead atoms. The highest BCUT2D eigenvalue weighted by Gasteiger charge is 2.20. The Bertz CT molecular complexity index is 461. The van der Waals surface area contributed by atoms with Crippen molar-refractivity contribution in [2.75, 3.05) is 32.4 Å². The number of anilines is 1. The van der Waals surface area contributed by atoms with Crippen LogP contribution in [0.15, 0.2) is 12.1 Å². The second kappa shape index (κ2) is 6.02. The van der Waals surface area contributed by atoms with Crippen molar-refractivity contribution in [3.05, 3.63) is 23.4 Å². The summed E-state index contributed by atoms with van der Waals surface area (Å²) in [6.45, 7) is 4.90. The van der Waals surface area contributed by atoms with E-state index in [-0.39, 0.29) is 5.91 Å². The van der Waals surface area contributed by atoms with Crippen molar-refractivity contribution in [1.29, 1.82) is 0 Å². The first kappa shape index (κ1) is 13.8. The molecule has 104 valence electrons. The summed E-state index contributed by atoms with van der Waals surface area (Å²) in [7, 11) is 2.11. The molecule has 2 rings (SSSR count). The maximum atomic E-state index is 12.1. The minimum absolute atomic E-state index is 0.0571. The average Bonchev–Trinajstić information content (AvgIpc) is 2.81. The van der Waals surface area contributed by atoms with E-state index in [4.69, 9.17) is 5.73 Å². The van der Waals surface area contributed by atoms with Crippen LogP contribution in [0.3, 0.4) is 0 Å². The first-order valence-corrected chi connectivity index (χ1v) is 6.81. The van der Waals surface area contributed by atoms with E-state index in [1.54, 1.807) is 6.07 Å². The Morgan fingerprint density at radius 1 is 1.58 bits per heavy atom. The van der Waals surface area contributed by atoms with Crippen molar-refractivity contribution in [3.63, 3.8) is 0 Å². The lowest BCUT2D eigenvalue weighted by atomic mass is 10.1. The summed E-state index contributed by atoms with van der Waals surface area (Å²) in [5.74, 6) is 0.905. The van der Waals surface area contributed by atoms with Crippen LogP contribution in [0.2, 0.25) is 0 Å². The summed E-state index contributed by atoms with van der Waals surface area (Å²) in [6, 6.07) is 3.45. The number of amides is 1. The van der Waals surface area contributed by atoms with Crippen LogP contribution in [0.4, 0.5) is 5.82 Å². The van der Waals surface area contributed by atoms with Gasteiger partial charge in [0.05, 0.1) is 0 Å². The predicted octanol–water partition coefficient (Wildman–Crippen LogP) is 0.908. The number of likely N-dealkylation sites (tertiary alicyclic amines) is 1. The highest BCUT2D eigenvalue weighted by Crippen LogP contribution is 2.13. The Morgan fingerprint density at radius 3 is 3.00 bits per heavy atom. The lowest BCUT2D eigenvalue weighted by Crippen LogP contribution is -2.30. The Morgan fingerprint density at radius 2 is 2.37 bits per heavy atom. The quantitative estimate of drug-likeness (QED) is 0.846.